The smallest absolute Gasteiger partial charge is 0.245 e. The van der Waals surface area contributed by atoms with Crippen molar-refractivity contribution in [1.82, 2.24) is 4.31 Å². The molecular formula is C11H13FN2O3S. The highest BCUT2D eigenvalue weighted by Crippen LogP contribution is 2.19. The first kappa shape index (κ1) is 14.6. The maximum Gasteiger partial charge on any atom is 0.245 e. The average molecular weight is 272 g/mol. The van der Waals surface area contributed by atoms with Crippen LogP contribution in [-0.2, 0) is 10.0 Å². The summed E-state index contributed by atoms with van der Waals surface area (Å²) >= 11 is 0. The third-order valence-corrected chi connectivity index (χ3v) is 4.13. The van der Waals surface area contributed by atoms with Gasteiger partial charge in [0.1, 0.15) is 10.7 Å². The van der Waals surface area contributed by atoms with Crippen LogP contribution in [0.2, 0.25) is 0 Å². The van der Waals surface area contributed by atoms with Gasteiger partial charge in [-0.1, -0.05) is 0 Å². The SMILES string of the molecule is CC(O)CN(C)S(=O)(=O)c1ccc(C#N)cc1F. The summed E-state index contributed by atoms with van der Waals surface area (Å²) in [4.78, 5) is -0.510. The third kappa shape index (κ3) is 3.04. The second kappa shape index (κ2) is 5.44. The van der Waals surface area contributed by atoms with E-state index in [1.54, 1.807) is 6.07 Å². The fraction of sp³-hybridized carbons (Fsp3) is 0.364. The first-order valence-corrected chi connectivity index (χ1v) is 6.57. The fourth-order valence-electron chi connectivity index (χ4n) is 1.42. The van der Waals surface area contributed by atoms with E-state index >= 15 is 0 Å². The molecule has 0 aliphatic rings. The molecule has 1 aromatic rings. The van der Waals surface area contributed by atoms with E-state index in [1.165, 1.54) is 20.0 Å². The Hall–Kier alpha value is -1.49. The lowest BCUT2D eigenvalue weighted by atomic mass is 10.2. The molecular weight excluding hydrogens is 259 g/mol. The van der Waals surface area contributed by atoms with Crippen molar-refractivity contribution in [1.29, 1.82) is 5.26 Å². The molecule has 1 rings (SSSR count). The lowest BCUT2D eigenvalue weighted by Gasteiger charge is -2.18. The molecule has 0 saturated carbocycles. The Labute approximate surface area is 105 Å². The van der Waals surface area contributed by atoms with Crippen molar-refractivity contribution in [2.75, 3.05) is 13.6 Å². The molecule has 0 spiro atoms. The molecule has 0 aliphatic carbocycles. The van der Waals surface area contributed by atoms with Gasteiger partial charge in [0.15, 0.2) is 0 Å². The van der Waals surface area contributed by atoms with Gasteiger partial charge in [0.25, 0.3) is 0 Å². The predicted octanol–water partition coefficient (Wildman–Crippen LogP) is 0.699. The summed E-state index contributed by atoms with van der Waals surface area (Å²) in [5.74, 6) is -0.980. The molecule has 1 unspecified atom stereocenters. The Bertz CT molecular complexity index is 578. The summed E-state index contributed by atoms with van der Waals surface area (Å²) in [5, 5.41) is 17.7. The molecule has 0 aromatic heterocycles. The Morgan fingerprint density at radius 1 is 1.56 bits per heavy atom. The van der Waals surface area contributed by atoms with Gasteiger partial charge in [0.05, 0.1) is 17.7 Å². The highest BCUT2D eigenvalue weighted by Gasteiger charge is 2.25. The summed E-state index contributed by atoms with van der Waals surface area (Å²) in [7, 11) is -2.75. The number of rotatable bonds is 4. The largest absolute Gasteiger partial charge is 0.392 e. The van der Waals surface area contributed by atoms with Gasteiger partial charge in [0.2, 0.25) is 10.0 Å². The van der Waals surface area contributed by atoms with Crippen molar-refractivity contribution >= 4 is 10.0 Å². The van der Waals surface area contributed by atoms with Crippen molar-refractivity contribution in [3.63, 3.8) is 0 Å². The Balaban J connectivity index is 3.17. The third-order valence-electron chi connectivity index (χ3n) is 2.27. The van der Waals surface area contributed by atoms with Crippen LogP contribution in [0, 0.1) is 17.1 Å². The number of aliphatic hydroxyl groups is 1. The van der Waals surface area contributed by atoms with Crippen LogP contribution in [0.15, 0.2) is 23.1 Å². The van der Waals surface area contributed by atoms with Crippen LogP contribution in [0.5, 0.6) is 0 Å². The van der Waals surface area contributed by atoms with E-state index in [9.17, 15) is 12.8 Å². The molecule has 1 N–H and O–H groups in total. The van der Waals surface area contributed by atoms with Crippen molar-refractivity contribution in [3.05, 3.63) is 29.6 Å². The first-order chi connectivity index (χ1) is 8.28. The van der Waals surface area contributed by atoms with E-state index in [0.29, 0.717) is 0 Å². The summed E-state index contributed by atoms with van der Waals surface area (Å²) < 4.78 is 38.4. The van der Waals surface area contributed by atoms with E-state index in [4.69, 9.17) is 10.4 Å². The monoisotopic (exact) mass is 272 g/mol. The molecule has 18 heavy (non-hydrogen) atoms. The van der Waals surface area contributed by atoms with Crippen LogP contribution in [0.3, 0.4) is 0 Å². The number of sulfonamides is 1. The molecule has 1 aromatic carbocycles. The van der Waals surface area contributed by atoms with Crippen LogP contribution in [0.25, 0.3) is 0 Å². The lowest BCUT2D eigenvalue weighted by Crippen LogP contribution is -2.33. The highest BCUT2D eigenvalue weighted by molar-refractivity contribution is 7.89. The van der Waals surface area contributed by atoms with E-state index < -0.39 is 26.8 Å². The molecule has 0 saturated heterocycles. The van der Waals surface area contributed by atoms with Crippen LogP contribution < -0.4 is 0 Å². The molecule has 0 bridgehead atoms. The zero-order chi connectivity index (χ0) is 13.9. The van der Waals surface area contributed by atoms with Crippen molar-refractivity contribution in [3.8, 4) is 6.07 Å². The van der Waals surface area contributed by atoms with E-state index in [0.717, 1.165) is 16.4 Å². The van der Waals surface area contributed by atoms with Crippen molar-refractivity contribution in [2.45, 2.75) is 17.9 Å². The molecule has 0 amide bonds. The van der Waals surface area contributed by atoms with Gasteiger partial charge in [-0.2, -0.15) is 9.57 Å². The number of nitrogens with zero attached hydrogens (tertiary/aromatic N) is 2. The number of halogens is 1. The Morgan fingerprint density at radius 3 is 2.61 bits per heavy atom. The standard InChI is InChI=1S/C11H13FN2O3S/c1-8(15)7-14(2)18(16,17)11-4-3-9(6-13)5-10(11)12/h3-5,8,15H,7H2,1-2H3. The van der Waals surface area contributed by atoms with Crippen LogP contribution in [-0.4, -0.2) is 37.5 Å². The zero-order valence-corrected chi connectivity index (χ0v) is 10.8. The zero-order valence-electron chi connectivity index (χ0n) is 9.96. The lowest BCUT2D eigenvalue weighted by molar-refractivity contribution is 0.171. The molecule has 0 heterocycles. The van der Waals surface area contributed by atoms with E-state index in [1.807, 2.05) is 0 Å². The molecule has 1 atom stereocenters. The van der Waals surface area contributed by atoms with Gasteiger partial charge in [-0.3, -0.25) is 0 Å². The second-order valence-electron chi connectivity index (χ2n) is 3.89. The van der Waals surface area contributed by atoms with Gasteiger partial charge >= 0.3 is 0 Å². The number of hydrogen-bond donors (Lipinski definition) is 1. The summed E-state index contributed by atoms with van der Waals surface area (Å²) in [6, 6.07) is 4.86. The number of hydrogen-bond acceptors (Lipinski definition) is 4. The maximum atomic E-state index is 13.6. The number of aliphatic hydroxyl groups excluding tert-OH is 1. The van der Waals surface area contributed by atoms with E-state index in [-0.39, 0.29) is 12.1 Å². The normalized spacial score (nSPS) is 13.3. The summed E-state index contributed by atoms with van der Waals surface area (Å²) in [6.45, 7) is 1.29. The second-order valence-corrected chi connectivity index (χ2v) is 5.90. The average Bonchev–Trinajstić information content (AvgIpc) is 2.27. The minimum absolute atomic E-state index is 0.0460. The van der Waals surface area contributed by atoms with Gasteiger partial charge in [0, 0.05) is 13.6 Å². The Morgan fingerprint density at radius 2 is 2.17 bits per heavy atom. The number of likely N-dealkylation sites (N-methyl/N-ethyl adjacent to an activating group) is 1. The minimum atomic E-state index is -4.00. The van der Waals surface area contributed by atoms with Gasteiger partial charge < -0.3 is 5.11 Å². The molecule has 0 radical (unpaired) electrons. The number of benzene rings is 1. The van der Waals surface area contributed by atoms with Crippen molar-refractivity contribution < 1.29 is 17.9 Å². The molecule has 5 nitrogen and oxygen atoms in total. The predicted molar refractivity (Wildman–Crippen MR) is 62.6 cm³/mol. The Kier molecular flexibility index (Phi) is 4.40. The quantitative estimate of drug-likeness (QED) is 0.874. The molecule has 7 heteroatoms. The number of nitriles is 1. The van der Waals surface area contributed by atoms with Gasteiger partial charge in [-0.05, 0) is 25.1 Å². The van der Waals surface area contributed by atoms with Crippen LogP contribution in [0.1, 0.15) is 12.5 Å². The van der Waals surface area contributed by atoms with E-state index in [2.05, 4.69) is 0 Å². The maximum absolute atomic E-state index is 13.6. The highest BCUT2D eigenvalue weighted by atomic mass is 32.2. The molecule has 0 aliphatic heterocycles. The summed E-state index contributed by atoms with van der Waals surface area (Å²) in [5.41, 5.74) is 0.0460. The molecule has 98 valence electrons. The van der Waals surface area contributed by atoms with Gasteiger partial charge in [-0.25, -0.2) is 12.8 Å². The summed E-state index contributed by atoms with van der Waals surface area (Å²) in [6.07, 6.45) is -0.855. The van der Waals surface area contributed by atoms with Crippen LogP contribution in [0.4, 0.5) is 4.39 Å². The molecule has 0 fully saturated rings. The fourth-order valence-corrected chi connectivity index (χ4v) is 2.71. The van der Waals surface area contributed by atoms with Crippen LogP contribution >= 0.6 is 0 Å². The topological polar surface area (TPSA) is 81.4 Å². The van der Waals surface area contributed by atoms with Gasteiger partial charge in [-0.15, -0.1) is 0 Å². The van der Waals surface area contributed by atoms with Crippen molar-refractivity contribution in [2.24, 2.45) is 0 Å². The minimum Gasteiger partial charge on any atom is -0.392 e. The first-order valence-electron chi connectivity index (χ1n) is 5.13.